The Morgan fingerprint density at radius 2 is 1.82 bits per heavy atom. The van der Waals surface area contributed by atoms with E-state index < -0.39 is 27.9 Å². The van der Waals surface area contributed by atoms with Gasteiger partial charge in [-0.05, 0) is 43.2 Å². The summed E-state index contributed by atoms with van der Waals surface area (Å²) in [4.78, 5) is 29.8. The minimum atomic E-state index is -3.73. The topological polar surface area (TPSA) is 135 Å². The summed E-state index contributed by atoms with van der Waals surface area (Å²) >= 11 is 0. The Bertz CT molecular complexity index is 1190. The summed E-state index contributed by atoms with van der Waals surface area (Å²) < 4.78 is 37.7. The van der Waals surface area contributed by atoms with Gasteiger partial charge in [-0.25, -0.2) is 8.42 Å². The van der Waals surface area contributed by atoms with Crippen LogP contribution in [0, 0.1) is 5.92 Å². The molecular weight excluding hydrogens is 448 g/mol. The zero-order valence-electron chi connectivity index (χ0n) is 18.7. The smallest absolute Gasteiger partial charge is 0.269 e. The fraction of sp³-hybridized carbons (Fsp3) is 0.318. The summed E-state index contributed by atoms with van der Waals surface area (Å²) in [7, 11) is -2.27. The Morgan fingerprint density at radius 3 is 2.48 bits per heavy atom. The molecular formula is C22H26N4O6S. The number of nitrogens with one attached hydrogen (secondary N) is 3. The zero-order valence-corrected chi connectivity index (χ0v) is 19.5. The predicted octanol–water partition coefficient (Wildman–Crippen LogP) is 1.62. The molecule has 3 N–H and O–H groups in total. The highest BCUT2D eigenvalue weighted by molar-refractivity contribution is 7.90. The first-order valence-electron chi connectivity index (χ1n) is 10.3. The van der Waals surface area contributed by atoms with Crippen molar-refractivity contribution in [2.24, 2.45) is 10.9 Å². The number of amidine groups is 1. The van der Waals surface area contributed by atoms with E-state index in [-0.39, 0.29) is 22.2 Å². The molecule has 0 radical (unpaired) electrons. The molecule has 2 amide bonds. The van der Waals surface area contributed by atoms with E-state index >= 15 is 0 Å². The van der Waals surface area contributed by atoms with Crippen LogP contribution in [-0.4, -0.2) is 45.8 Å². The molecule has 0 unspecified atom stereocenters. The largest absolute Gasteiger partial charge is 0.493 e. The molecule has 0 fully saturated rings. The van der Waals surface area contributed by atoms with E-state index in [0.29, 0.717) is 23.7 Å². The van der Waals surface area contributed by atoms with Gasteiger partial charge in [0.1, 0.15) is 11.9 Å². The van der Waals surface area contributed by atoms with Crippen molar-refractivity contribution < 1.29 is 27.5 Å². The van der Waals surface area contributed by atoms with Crippen molar-refractivity contribution in [1.82, 2.24) is 15.6 Å². The lowest BCUT2D eigenvalue weighted by Crippen LogP contribution is -2.47. The molecule has 0 spiro atoms. The zero-order chi connectivity index (χ0) is 24.2. The molecule has 33 heavy (non-hydrogen) atoms. The van der Waals surface area contributed by atoms with E-state index in [1.165, 1.54) is 19.2 Å². The number of methoxy groups -OCH3 is 1. The van der Waals surface area contributed by atoms with Crippen LogP contribution in [0.4, 0.5) is 0 Å². The highest BCUT2D eigenvalue weighted by Gasteiger charge is 2.32. The average Bonchev–Trinajstić information content (AvgIpc) is 3.05. The number of hydrogen-bond donors (Lipinski definition) is 3. The molecule has 0 bridgehead atoms. The highest BCUT2D eigenvalue weighted by atomic mass is 32.2. The van der Waals surface area contributed by atoms with E-state index in [2.05, 4.69) is 20.6 Å². The second-order valence-corrected chi connectivity index (χ2v) is 9.16. The molecule has 2 aromatic rings. The molecule has 11 heteroatoms. The monoisotopic (exact) mass is 474 g/mol. The molecule has 3 rings (SSSR count). The van der Waals surface area contributed by atoms with Crippen LogP contribution in [-0.2, 0) is 14.8 Å². The Labute approximate surface area is 192 Å². The van der Waals surface area contributed by atoms with Crippen LogP contribution in [0.5, 0.6) is 11.5 Å². The van der Waals surface area contributed by atoms with Gasteiger partial charge in [-0.1, -0.05) is 26.0 Å². The fourth-order valence-corrected chi connectivity index (χ4v) is 4.47. The van der Waals surface area contributed by atoms with E-state index in [4.69, 9.17) is 9.47 Å². The molecule has 2 aromatic carbocycles. The summed E-state index contributed by atoms with van der Waals surface area (Å²) in [5, 5.41) is 0. The maximum absolute atomic E-state index is 12.8. The minimum Gasteiger partial charge on any atom is -0.493 e. The minimum absolute atomic E-state index is 0.0852. The SMILES string of the molecule is CCOc1ccc(C(=O)NNC(=O)[C@@H](N=C2NS(=O)(=O)c3ccccc32)C(C)C)cc1OC. The summed E-state index contributed by atoms with van der Waals surface area (Å²) in [5.41, 5.74) is 5.36. The molecule has 1 aliphatic heterocycles. The lowest BCUT2D eigenvalue weighted by Gasteiger charge is -2.18. The Hall–Kier alpha value is -3.60. The van der Waals surface area contributed by atoms with E-state index in [9.17, 15) is 18.0 Å². The van der Waals surface area contributed by atoms with Gasteiger partial charge in [0.15, 0.2) is 11.5 Å². The number of ether oxygens (including phenoxy) is 2. The van der Waals surface area contributed by atoms with Gasteiger partial charge >= 0.3 is 0 Å². The molecule has 0 aromatic heterocycles. The van der Waals surface area contributed by atoms with Gasteiger partial charge in [-0.2, -0.15) is 0 Å². The van der Waals surface area contributed by atoms with Crippen LogP contribution in [0.25, 0.3) is 0 Å². The highest BCUT2D eigenvalue weighted by Crippen LogP contribution is 2.28. The van der Waals surface area contributed by atoms with Crippen LogP contribution < -0.4 is 25.0 Å². The first kappa shape index (κ1) is 24.1. The summed E-state index contributed by atoms with van der Waals surface area (Å²) in [6.07, 6.45) is 0. The molecule has 10 nitrogen and oxygen atoms in total. The van der Waals surface area contributed by atoms with Gasteiger partial charge in [0, 0.05) is 11.1 Å². The molecule has 0 saturated heterocycles. The standard InChI is InChI=1S/C22H26N4O6S/c1-5-32-16-11-10-14(12-17(16)31-4)21(27)24-25-22(28)19(13(2)3)23-20-15-8-6-7-9-18(15)33(29,30)26-20/h6-13,19H,5H2,1-4H3,(H,23,26)(H,24,27)(H,25,28)/t19-/m0/s1. The number of sulfonamides is 1. The molecule has 0 saturated carbocycles. The first-order chi connectivity index (χ1) is 15.7. The lowest BCUT2D eigenvalue weighted by molar-refractivity contribution is -0.123. The second-order valence-electron chi connectivity index (χ2n) is 7.51. The van der Waals surface area contributed by atoms with Gasteiger partial charge < -0.3 is 9.47 Å². The van der Waals surface area contributed by atoms with Crippen molar-refractivity contribution in [2.45, 2.75) is 31.7 Å². The number of carbonyl (C=O) groups is 2. The van der Waals surface area contributed by atoms with Crippen molar-refractivity contribution in [2.75, 3.05) is 13.7 Å². The van der Waals surface area contributed by atoms with Gasteiger partial charge in [0.25, 0.3) is 21.8 Å². The molecule has 1 atom stereocenters. The summed E-state index contributed by atoms with van der Waals surface area (Å²) in [5.74, 6) is -0.469. The second kappa shape index (κ2) is 9.90. The van der Waals surface area contributed by atoms with Gasteiger partial charge in [0.2, 0.25) is 0 Å². The van der Waals surface area contributed by atoms with Crippen molar-refractivity contribution in [3.8, 4) is 11.5 Å². The number of benzene rings is 2. The first-order valence-corrected chi connectivity index (χ1v) is 11.8. The Balaban J connectivity index is 1.75. The van der Waals surface area contributed by atoms with Crippen LogP contribution in [0.15, 0.2) is 52.4 Å². The number of amides is 2. The maximum Gasteiger partial charge on any atom is 0.269 e. The fourth-order valence-electron chi connectivity index (χ4n) is 3.23. The van der Waals surface area contributed by atoms with Gasteiger partial charge in [-0.15, -0.1) is 0 Å². The van der Waals surface area contributed by atoms with Crippen LogP contribution in [0.1, 0.15) is 36.7 Å². The lowest BCUT2D eigenvalue weighted by atomic mass is 10.0. The molecule has 1 heterocycles. The van der Waals surface area contributed by atoms with Crippen molar-refractivity contribution in [3.05, 3.63) is 53.6 Å². The third kappa shape index (κ3) is 5.25. The quantitative estimate of drug-likeness (QED) is 0.522. The van der Waals surface area contributed by atoms with E-state index in [1.807, 2.05) is 6.92 Å². The number of aliphatic imine (C=N–C) groups is 1. The summed E-state index contributed by atoms with van der Waals surface area (Å²) in [6.45, 7) is 5.81. The third-order valence-electron chi connectivity index (χ3n) is 4.86. The van der Waals surface area contributed by atoms with E-state index in [0.717, 1.165) is 0 Å². The van der Waals surface area contributed by atoms with Crippen molar-refractivity contribution in [1.29, 1.82) is 0 Å². The molecule has 1 aliphatic rings. The molecule has 176 valence electrons. The summed E-state index contributed by atoms with van der Waals surface area (Å²) in [6, 6.07) is 10.1. The van der Waals surface area contributed by atoms with Crippen molar-refractivity contribution in [3.63, 3.8) is 0 Å². The van der Waals surface area contributed by atoms with Gasteiger partial charge in [0.05, 0.1) is 18.6 Å². The number of nitrogens with zero attached hydrogens (tertiary/aromatic N) is 1. The number of hydrazine groups is 1. The Morgan fingerprint density at radius 1 is 1.09 bits per heavy atom. The van der Waals surface area contributed by atoms with E-state index in [1.54, 1.807) is 44.2 Å². The van der Waals surface area contributed by atoms with Crippen LogP contribution in [0.3, 0.4) is 0 Å². The number of hydrogen-bond acceptors (Lipinski definition) is 7. The van der Waals surface area contributed by atoms with Gasteiger partial charge in [-0.3, -0.25) is 30.2 Å². The normalized spacial score (nSPS) is 16.0. The van der Waals surface area contributed by atoms with Crippen molar-refractivity contribution >= 4 is 27.7 Å². The number of carbonyl (C=O) groups excluding carboxylic acids is 2. The predicted molar refractivity (Wildman–Crippen MR) is 122 cm³/mol. The molecule has 0 aliphatic carbocycles. The van der Waals surface area contributed by atoms with Crippen LogP contribution >= 0.6 is 0 Å². The number of rotatable bonds is 7. The number of fused-ring (bicyclic) bond motifs is 1. The Kier molecular flexibility index (Phi) is 7.22. The average molecular weight is 475 g/mol. The maximum atomic E-state index is 12.8. The van der Waals surface area contributed by atoms with Crippen LogP contribution in [0.2, 0.25) is 0 Å². The third-order valence-corrected chi connectivity index (χ3v) is 6.25.